The van der Waals surface area contributed by atoms with Crippen molar-refractivity contribution in [2.45, 2.75) is 32.1 Å². The molecule has 0 bridgehead atoms. The molecule has 0 spiro atoms. The molecule has 2 aliphatic heterocycles. The van der Waals surface area contributed by atoms with Crippen LogP contribution in [0.5, 0.6) is 0 Å². The summed E-state index contributed by atoms with van der Waals surface area (Å²) < 4.78 is 16.3. The first kappa shape index (κ1) is 25.1. The Balaban J connectivity index is 1.47. The van der Waals surface area contributed by atoms with Gasteiger partial charge in [-0.3, -0.25) is 29.4 Å². The van der Waals surface area contributed by atoms with Crippen LogP contribution in [0.4, 0.5) is 5.69 Å². The van der Waals surface area contributed by atoms with Crippen LogP contribution in [0, 0.1) is 0 Å². The topological polar surface area (TPSA) is 172 Å². The second kappa shape index (κ2) is 12.1. The summed E-state index contributed by atoms with van der Waals surface area (Å²) in [5.74, 6) is -2.20. The summed E-state index contributed by atoms with van der Waals surface area (Å²) in [6, 6.07) is 3.84. The van der Waals surface area contributed by atoms with Crippen molar-refractivity contribution >= 4 is 29.3 Å². The molecule has 1 aromatic rings. The standard InChI is InChI=1S/C21H26N6O7/c1-13(34-12-11-32-9-8-24-26-22)33-10-7-23-15-4-2-3-14-18(15)21(31)27(20(14)30)16-5-6-17(28)25-19(16)29/h2-4,13,16,23H,5-12H2,1H3,(H,25,28,29). The Hall–Kier alpha value is -3.51. The molecule has 13 heteroatoms. The van der Waals surface area contributed by atoms with E-state index in [1.165, 1.54) is 6.07 Å². The van der Waals surface area contributed by atoms with E-state index in [4.69, 9.17) is 19.7 Å². The van der Waals surface area contributed by atoms with E-state index < -0.39 is 36.0 Å². The van der Waals surface area contributed by atoms with Crippen LogP contribution in [-0.2, 0) is 23.8 Å². The van der Waals surface area contributed by atoms with Crippen LogP contribution in [0.3, 0.4) is 0 Å². The lowest BCUT2D eigenvalue weighted by Crippen LogP contribution is -2.54. The summed E-state index contributed by atoms with van der Waals surface area (Å²) in [7, 11) is 0. The molecule has 182 valence electrons. The molecule has 2 aliphatic rings. The molecular weight excluding hydrogens is 448 g/mol. The molecule has 4 amide bonds. The molecule has 34 heavy (non-hydrogen) atoms. The molecule has 1 fully saturated rings. The summed E-state index contributed by atoms with van der Waals surface area (Å²) in [4.78, 5) is 53.1. The number of nitrogens with zero attached hydrogens (tertiary/aromatic N) is 4. The maximum Gasteiger partial charge on any atom is 0.264 e. The molecule has 1 aromatic carbocycles. The minimum atomic E-state index is -1.01. The quantitative estimate of drug-likeness (QED) is 0.107. The SMILES string of the molecule is CC(OCCNc1cccc2c1C(=O)N(C1CCC(=O)NC1=O)C2=O)OCCOCCN=[N+]=[N-]. The van der Waals surface area contributed by atoms with Crippen molar-refractivity contribution in [3.8, 4) is 0 Å². The molecule has 0 aromatic heterocycles. The first-order valence-electron chi connectivity index (χ1n) is 10.8. The van der Waals surface area contributed by atoms with Crippen LogP contribution in [-0.4, -0.2) is 80.4 Å². The number of piperidine rings is 1. The Kier molecular flexibility index (Phi) is 8.93. The lowest BCUT2D eigenvalue weighted by Gasteiger charge is -2.27. The van der Waals surface area contributed by atoms with Gasteiger partial charge in [-0.1, -0.05) is 11.2 Å². The zero-order valence-electron chi connectivity index (χ0n) is 18.7. The Labute approximate surface area is 195 Å². The second-order valence-corrected chi connectivity index (χ2v) is 7.48. The van der Waals surface area contributed by atoms with Crippen molar-refractivity contribution < 1.29 is 33.4 Å². The van der Waals surface area contributed by atoms with Crippen molar-refractivity contribution in [2.24, 2.45) is 5.11 Å². The third-order valence-electron chi connectivity index (χ3n) is 5.22. The molecule has 0 saturated carbocycles. The average molecular weight is 474 g/mol. The van der Waals surface area contributed by atoms with Crippen LogP contribution >= 0.6 is 0 Å². The van der Waals surface area contributed by atoms with Gasteiger partial charge in [0.05, 0.1) is 37.6 Å². The number of nitrogens with one attached hydrogen (secondary N) is 2. The predicted molar refractivity (Wildman–Crippen MR) is 118 cm³/mol. The van der Waals surface area contributed by atoms with E-state index in [0.717, 1.165) is 4.90 Å². The van der Waals surface area contributed by atoms with Crippen molar-refractivity contribution in [3.63, 3.8) is 0 Å². The number of carbonyl (C=O) groups is 4. The highest BCUT2D eigenvalue weighted by atomic mass is 16.7. The van der Waals surface area contributed by atoms with Crippen LogP contribution in [0.1, 0.15) is 40.5 Å². The Morgan fingerprint density at radius 3 is 2.74 bits per heavy atom. The lowest BCUT2D eigenvalue weighted by molar-refractivity contribution is -0.137. The monoisotopic (exact) mass is 474 g/mol. The highest BCUT2D eigenvalue weighted by molar-refractivity contribution is 6.25. The smallest absolute Gasteiger partial charge is 0.264 e. The Morgan fingerprint density at radius 1 is 1.18 bits per heavy atom. The van der Waals surface area contributed by atoms with Crippen molar-refractivity contribution in [1.29, 1.82) is 0 Å². The zero-order valence-corrected chi connectivity index (χ0v) is 18.7. The minimum Gasteiger partial charge on any atom is -0.382 e. The number of anilines is 1. The fourth-order valence-corrected chi connectivity index (χ4v) is 3.65. The Morgan fingerprint density at radius 2 is 1.97 bits per heavy atom. The number of carbonyl (C=O) groups excluding carboxylic acids is 4. The van der Waals surface area contributed by atoms with E-state index in [2.05, 4.69) is 20.7 Å². The van der Waals surface area contributed by atoms with Gasteiger partial charge in [0.25, 0.3) is 11.8 Å². The third kappa shape index (κ3) is 6.08. The maximum absolute atomic E-state index is 13.0. The number of fused-ring (bicyclic) bond motifs is 1. The van der Waals surface area contributed by atoms with Crippen LogP contribution in [0.15, 0.2) is 23.3 Å². The fraction of sp³-hybridized carbons (Fsp3) is 0.524. The van der Waals surface area contributed by atoms with Crippen LogP contribution in [0.25, 0.3) is 10.4 Å². The van der Waals surface area contributed by atoms with Gasteiger partial charge in [0.15, 0.2) is 6.29 Å². The number of imide groups is 2. The number of ether oxygens (including phenoxy) is 3. The maximum atomic E-state index is 13.0. The lowest BCUT2D eigenvalue weighted by atomic mass is 10.0. The largest absolute Gasteiger partial charge is 0.382 e. The number of hydrogen-bond acceptors (Lipinski definition) is 9. The number of benzene rings is 1. The molecule has 3 rings (SSSR count). The summed E-state index contributed by atoms with van der Waals surface area (Å²) in [5, 5.41) is 8.62. The van der Waals surface area contributed by atoms with Gasteiger partial charge in [0, 0.05) is 30.1 Å². The predicted octanol–water partition coefficient (Wildman–Crippen LogP) is 1.21. The normalized spacial score (nSPS) is 18.4. The van der Waals surface area contributed by atoms with E-state index in [-0.39, 0.29) is 37.1 Å². The molecule has 2 unspecified atom stereocenters. The Bertz CT molecular complexity index is 994. The van der Waals surface area contributed by atoms with Crippen molar-refractivity contribution in [2.75, 3.05) is 44.8 Å². The van der Waals surface area contributed by atoms with Gasteiger partial charge < -0.3 is 19.5 Å². The van der Waals surface area contributed by atoms with Crippen molar-refractivity contribution in [1.82, 2.24) is 10.2 Å². The first-order valence-corrected chi connectivity index (χ1v) is 10.8. The zero-order chi connectivity index (χ0) is 24.5. The fourth-order valence-electron chi connectivity index (χ4n) is 3.65. The number of hydrogen-bond donors (Lipinski definition) is 2. The first-order chi connectivity index (χ1) is 16.4. The van der Waals surface area contributed by atoms with Gasteiger partial charge in [-0.2, -0.15) is 0 Å². The number of azide groups is 1. The van der Waals surface area contributed by atoms with Gasteiger partial charge in [0.2, 0.25) is 11.8 Å². The van der Waals surface area contributed by atoms with E-state index in [0.29, 0.717) is 32.1 Å². The summed E-state index contributed by atoms with van der Waals surface area (Å²) in [6.45, 7) is 3.56. The minimum absolute atomic E-state index is 0.0639. The number of amides is 4. The molecule has 2 heterocycles. The van der Waals surface area contributed by atoms with Crippen LogP contribution in [0.2, 0.25) is 0 Å². The van der Waals surface area contributed by atoms with Gasteiger partial charge in [-0.25, -0.2) is 0 Å². The highest BCUT2D eigenvalue weighted by Crippen LogP contribution is 2.32. The highest BCUT2D eigenvalue weighted by Gasteiger charge is 2.45. The van der Waals surface area contributed by atoms with Gasteiger partial charge >= 0.3 is 0 Å². The van der Waals surface area contributed by atoms with E-state index in [1.54, 1.807) is 19.1 Å². The average Bonchev–Trinajstić information content (AvgIpc) is 3.07. The van der Waals surface area contributed by atoms with Crippen molar-refractivity contribution in [3.05, 3.63) is 39.8 Å². The second-order valence-electron chi connectivity index (χ2n) is 7.48. The molecular formula is C21H26N6O7. The molecule has 0 radical (unpaired) electrons. The summed E-state index contributed by atoms with van der Waals surface area (Å²) in [5.41, 5.74) is 9.02. The van der Waals surface area contributed by atoms with E-state index in [9.17, 15) is 19.2 Å². The molecule has 2 N–H and O–H groups in total. The van der Waals surface area contributed by atoms with E-state index in [1.807, 2.05) is 0 Å². The van der Waals surface area contributed by atoms with Gasteiger partial charge in [-0.15, -0.1) is 0 Å². The van der Waals surface area contributed by atoms with Gasteiger partial charge in [0.1, 0.15) is 6.04 Å². The molecule has 13 nitrogen and oxygen atoms in total. The molecule has 0 aliphatic carbocycles. The van der Waals surface area contributed by atoms with Gasteiger partial charge in [-0.05, 0) is 31.0 Å². The number of rotatable bonds is 13. The molecule has 1 saturated heterocycles. The van der Waals surface area contributed by atoms with Crippen LogP contribution < -0.4 is 10.6 Å². The summed E-state index contributed by atoms with van der Waals surface area (Å²) in [6.07, 6.45) is -0.326. The van der Waals surface area contributed by atoms with E-state index >= 15 is 0 Å². The molecule has 2 atom stereocenters. The third-order valence-corrected chi connectivity index (χ3v) is 5.22. The summed E-state index contributed by atoms with van der Waals surface area (Å²) >= 11 is 0.